The van der Waals surface area contributed by atoms with E-state index in [0.29, 0.717) is 5.58 Å². The second kappa shape index (κ2) is 6.14. The Labute approximate surface area is 145 Å². The number of hydrogen-bond acceptors (Lipinski definition) is 2. The van der Waals surface area contributed by atoms with Gasteiger partial charge in [0.25, 0.3) is 0 Å². The number of para-hydroxylation sites is 1. The van der Waals surface area contributed by atoms with Gasteiger partial charge in [0.15, 0.2) is 0 Å². The van der Waals surface area contributed by atoms with Crippen molar-refractivity contribution in [2.75, 3.05) is 0 Å². The lowest BCUT2D eigenvalue weighted by Gasteiger charge is -2.08. The molecule has 0 atom stereocenters. The van der Waals surface area contributed by atoms with Gasteiger partial charge in [0.05, 0.1) is 0 Å². The number of fused-ring (bicyclic) bond motifs is 2. The average molecular weight is 322 g/mol. The minimum atomic E-state index is -0.472. The Morgan fingerprint density at radius 2 is 1.40 bits per heavy atom. The first-order valence-corrected chi connectivity index (χ1v) is 7.96. The van der Waals surface area contributed by atoms with Gasteiger partial charge >= 0.3 is 5.63 Å². The van der Waals surface area contributed by atoms with Gasteiger partial charge in [-0.3, -0.25) is 0 Å². The fourth-order valence-corrected chi connectivity index (χ4v) is 2.86. The maximum absolute atomic E-state index is 11.9. The number of rotatable bonds is 1. The van der Waals surface area contributed by atoms with Crippen molar-refractivity contribution in [2.24, 2.45) is 0 Å². The van der Waals surface area contributed by atoms with E-state index in [0.717, 1.165) is 16.5 Å². The van der Waals surface area contributed by atoms with Crippen LogP contribution in [0.2, 0.25) is 0 Å². The zero-order valence-corrected chi connectivity index (χ0v) is 13.4. The van der Waals surface area contributed by atoms with Gasteiger partial charge < -0.3 is 4.42 Å². The SMILES string of the molecule is C#Cc1c(-c2ccccc2)c2ccccc2oc1=O.c1cc2cc-2c1. The van der Waals surface area contributed by atoms with E-state index >= 15 is 0 Å². The molecule has 118 valence electrons. The van der Waals surface area contributed by atoms with Gasteiger partial charge in [0.1, 0.15) is 11.1 Å². The molecule has 2 aliphatic carbocycles. The maximum Gasteiger partial charge on any atom is 0.352 e. The van der Waals surface area contributed by atoms with E-state index in [2.05, 4.69) is 30.2 Å². The molecule has 2 nitrogen and oxygen atoms in total. The van der Waals surface area contributed by atoms with Gasteiger partial charge in [-0.1, -0.05) is 72.7 Å². The normalized spacial score (nSPS) is 10.5. The van der Waals surface area contributed by atoms with Crippen molar-refractivity contribution in [2.45, 2.75) is 0 Å². The summed E-state index contributed by atoms with van der Waals surface area (Å²) in [5.41, 5.74) is 4.87. The number of benzene rings is 3. The van der Waals surface area contributed by atoms with Gasteiger partial charge in [0, 0.05) is 10.9 Å². The highest BCUT2D eigenvalue weighted by Crippen LogP contribution is 2.32. The van der Waals surface area contributed by atoms with E-state index in [1.54, 1.807) is 6.07 Å². The summed E-state index contributed by atoms with van der Waals surface area (Å²) in [5, 5.41) is 0.848. The van der Waals surface area contributed by atoms with Crippen LogP contribution in [0.5, 0.6) is 0 Å². The number of hydrogen-bond donors (Lipinski definition) is 0. The molecule has 5 rings (SSSR count). The molecule has 0 fully saturated rings. The fraction of sp³-hybridized carbons (Fsp3) is 0. The first-order chi connectivity index (χ1) is 12.3. The molecule has 0 N–H and O–H groups in total. The third-order valence-electron chi connectivity index (χ3n) is 4.13. The minimum Gasteiger partial charge on any atom is -0.422 e. The predicted octanol–water partition coefficient (Wildman–Crippen LogP) is 5.11. The first kappa shape index (κ1) is 15.0. The van der Waals surface area contributed by atoms with Crippen LogP contribution in [0.4, 0.5) is 0 Å². The zero-order chi connectivity index (χ0) is 17.2. The lowest BCUT2D eigenvalue weighted by Crippen LogP contribution is -2.06. The molecule has 2 aromatic carbocycles. The largest absolute Gasteiger partial charge is 0.422 e. The fourth-order valence-electron chi connectivity index (χ4n) is 2.86. The van der Waals surface area contributed by atoms with Gasteiger partial charge in [0.2, 0.25) is 0 Å². The third kappa shape index (κ3) is 2.84. The summed E-state index contributed by atoms with van der Waals surface area (Å²) < 4.78 is 5.25. The summed E-state index contributed by atoms with van der Waals surface area (Å²) in [4.78, 5) is 11.9. The lowest BCUT2D eigenvalue weighted by atomic mass is 9.97. The minimum absolute atomic E-state index is 0.268. The van der Waals surface area contributed by atoms with Crippen molar-refractivity contribution in [3.05, 3.63) is 94.8 Å². The molecule has 0 saturated carbocycles. The van der Waals surface area contributed by atoms with Crippen molar-refractivity contribution >= 4 is 11.0 Å². The Kier molecular flexibility index (Phi) is 3.68. The highest BCUT2D eigenvalue weighted by atomic mass is 16.4. The monoisotopic (exact) mass is 322 g/mol. The van der Waals surface area contributed by atoms with E-state index in [1.165, 1.54) is 11.1 Å². The van der Waals surface area contributed by atoms with Crippen molar-refractivity contribution < 1.29 is 4.42 Å². The summed E-state index contributed by atoms with van der Waals surface area (Å²) in [7, 11) is 0. The molecule has 2 aliphatic rings. The molecule has 1 aromatic heterocycles. The summed E-state index contributed by atoms with van der Waals surface area (Å²) in [6.07, 6.45) is 5.47. The molecule has 0 saturated heterocycles. The van der Waals surface area contributed by atoms with Crippen molar-refractivity contribution in [1.29, 1.82) is 0 Å². The average Bonchev–Trinajstić information content (AvgIpc) is 3.26. The zero-order valence-electron chi connectivity index (χ0n) is 13.4. The van der Waals surface area contributed by atoms with Crippen molar-refractivity contribution in [1.82, 2.24) is 0 Å². The first-order valence-electron chi connectivity index (χ1n) is 7.96. The smallest absolute Gasteiger partial charge is 0.352 e. The van der Waals surface area contributed by atoms with Crippen LogP contribution >= 0.6 is 0 Å². The van der Waals surface area contributed by atoms with Crippen LogP contribution in [-0.2, 0) is 0 Å². The Morgan fingerprint density at radius 3 is 2.00 bits per heavy atom. The topological polar surface area (TPSA) is 30.2 Å². The van der Waals surface area contributed by atoms with E-state index in [-0.39, 0.29) is 5.56 Å². The Morgan fingerprint density at radius 1 is 0.760 bits per heavy atom. The highest BCUT2D eigenvalue weighted by Gasteiger charge is 2.14. The Balaban J connectivity index is 0.000000217. The van der Waals surface area contributed by atoms with Crippen LogP contribution in [0, 0.1) is 12.3 Å². The van der Waals surface area contributed by atoms with Crippen LogP contribution in [0.15, 0.2) is 88.1 Å². The van der Waals surface area contributed by atoms with Crippen LogP contribution in [-0.4, -0.2) is 0 Å². The van der Waals surface area contributed by atoms with E-state index in [4.69, 9.17) is 10.8 Å². The molecule has 25 heavy (non-hydrogen) atoms. The highest BCUT2D eigenvalue weighted by molar-refractivity contribution is 5.96. The van der Waals surface area contributed by atoms with Crippen LogP contribution < -0.4 is 5.63 Å². The standard InChI is InChI=1S/C17H10O2.C6H4/c1-2-13-16(12-8-4-3-5-9-12)14-10-6-7-11-15(14)19-17(13)18;1-2-5-4-6(5)3-1/h1,3-11H;1-4H. The van der Waals surface area contributed by atoms with Crippen molar-refractivity contribution in [3.8, 4) is 34.6 Å². The summed E-state index contributed by atoms with van der Waals surface area (Å²) in [6, 6.07) is 25.5. The van der Waals surface area contributed by atoms with Crippen LogP contribution in [0.3, 0.4) is 0 Å². The quantitative estimate of drug-likeness (QED) is 0.317. The molecule has 2 heteroatoms. The number of terminal acetylenes is 1. The van der Waals surface area contributed by atoms with E-state index in [9.17, 15) is 4.79 Å². The van der Waals surface area contributed by atoms with Gasteiger partial charge in [-0.15, -0.1) is 6.42 Å². The third-order valence-corrected chi connectivity index (χ3v) is 4.13. The maximum atomic E-state index is 11.9. The lowest BCUT2D eigenvalue weighted by molar-refractivity contribution is 0.559. The van der Waals surface area contributed by atoms with Crippen LogP contribution in [0.25, 0.3) is 33.2 Å². The molecular weight excluding hydrogens is 308 g/mol. The van der Waals surface area contributed by atoms with E-state index in [1.807, 2.05) is 48.5 Å². The molecule has 1 heterocycles. The molecule has 0 aliphatic heterocycles. The van der Waals surface area contributed by atoms with Gasteiger partial charge in [-0.25, -0.2) is 4.79 Å². The summed E-state index contributed by atoms with van der Waals surface area (Å²) >= 11 is 0. The van der Waals surface area contributed by atoms with Crippen molar-refractivity contribution in [3.63, 3.8) is 0 Å². The molecule has 3 aromatic rings. The molecule has 0 spiro atoms. The summed E-state index contributed by atoms with van der Waals surface area (Å²) in [6.45, 7) is 0. The molecule has 0 amide bonds. The van der Waals surface area contributed by atoms with Crippen LogP contribution in [0.1, 0.15) is 5.56 Å². The summed E-state index contributed by atoms with van der Waals surface area (Å²) in [5.74, 6) is 2.45. The second-order valence-corrected chi connectivity index (χ2v) is 5.73. The Hall–Kier alpha value is -3.57. The molecule has 0 radical (unpaired) electrons. The Bertz CT molecular complexity index is 1140. The van der Waals surface area contributed by atoms with E-state index < -0.39 is 5.63 Å². The molecule has 0 unspecified atom stereocenters. The predicted molar refractivity (Wildman–Crippen MR) is 101 cm³/mol. The molecular formula is C23H14O2. The van der Waals surface area contributed by atoms with Gasteiger partial charge in [-0.05, 0) is 28.8 Å². The second-order valence-electron chi connectivity index (χ2n) is 5.73. The molecule has 0 bridgehead atoms. The van der Waals surface area contributed by atoms with Gasteiger partial charge in [-0.2, -0.15) is 0 Å².